The molecule has 3 aromatic heterocycles. The molecule has 5 aromatic rings. The molecule has 1 saturated heterocycles. The van der Waals surface area contributed by atoms with E-state index in [1.807, 2.05) is 88.1 Å². The lowest BCUT2D eigenvalue weighted by atomic mass is 9.98. The fourth-order valence-electron chi connectivity index (χ4n) is 5.70. The summed E-state index contributed by atoms with van der Waals surface area (Å²) in [4.78, 5) is 31.6. The molecule has 0 unspecified atom stereocenters. The lowest BCUT2D eigenvalue weighted by Crippen LogP contribution is -2.42. The number of benzene rings is 2. The van der Waals surface area contributed by atoms with E-state index in [1.165, 1.54) is 11.3 Å². The van der Waals surface area contributed by atoms with Gasteiger partial charge in [-0.3, -0.25) is 14.0 Å². The molecule has 2 N–H and O–H groups in total. The van der Waals surface area contributed by atoms with Gasteiger partial charge in [0.2, 0.25) is 0 Å². The van der Waals surface area contributed by atoms with Gasteiger partial charge < -0.3 is 24.8 Å². The summed E-state index contributed by atoms with van der Waals surface area (Å²) in [6.07, 6.45) is 6.32. The van der Waals surface area contributed by atoms with Gasteiger partial charge in [-0.15, -0.1) is 11.3 Å². The molecule has 1 atom stereocenters. The number of hydrogen-bond acceptors (Lipinski definition) is 8. The van der Waals surface area contributed by atoms with Crippen LogP contribution in [0.15, 0.2) is 61.2 Å². The number of primary amides is 1. The number of imidazole rings is 1. The number of halogens is 1. The quantitative estimate of drug-likeness (QED) is 0.171. The summed E-state index contributed by atoms with van der Waals surface area (Å²) in [6.45, 7) is 9.18. The predicted octanol–water partition coefficient (Wildman–Crippen LogP) is 7.41. The largest absolute Gasteiger partial charge is 0.492 e. The molecular formula is C35H39ClN6O5S. The maximum Gasteiger partial charge on any atom is 0.410 e. The van der Waals surface area contributed by atoms with E-state index in [0.717, 1.165) is 40.0 Å². The van der Waals surface area contributed by atoms with E-state index in [1.54, 1.807) is 22.0 Å². The number of aryl methyl sites for hydroxylation is 1. The Morgan fingerprint density at radius 3 is 2.56 bits per heavy atom. The number of carbonyl (C=O) groups is 2. The molecule has 0 spiro atoms. The first kappa shape index (κ1) is 33.4. The van der Waals surface area contributed by atoms with Gasteiger partial charge in [0.05, 0.1) is 28.9 Å². The number of ether oxygens (including phenoxy) is 3. The second kappa shape index (κ2) is 13.5. The smallest absolute Gasteiger partial charge is 0.410 e. The minimum atomic E-state index is -0.586. The Bertz CT molecular complexity index is 1950. The first-order valence-corrected chi connectivity index (χ1v) is 17.0. The maximum atomic E-state index is 12.5. The minimum Gasteiger partial charge on any atom is -0.492 e. The molecule has 0 saturated carbocycles. The topological polar surface area (TPSA) is 127 Å². The van der Waals surface area contributed by atoms with Crippen LogP contribution in [0.2, 0.25) is 5.02 Å². The highest BCUT2D eigenvalue weighted by Gasteiger charge is 2.28. The Labute approximate surface area is 288 Å². The van der Waals surface area contributed by atoms with Crippen LogP contribution in [0.4, 0.5) is 4.79 Å². The Morgan fingerprint density at radius 1 is 1.10 bits per heavy atom. The highest BCUT2D eigenvalue weighted by molar-refractivity contribution is 7.16. The first-order chi connectivity index (χ1) is 22.9. The van der Waals surface area contributed by atoms with E-state index in [-0.39, 0.29) is 12.0 Å². The van der Waals surface area contributed by atoms with Gasteiger partial charge in [0.25, 0.3) is 5.91 Å². The highest BCUT2D eigenvalue weighted by Crippen LogP contribution is 2.39. The van der Waals surface area contributed by atoms with Crippen LogP contribution in [0.1, 0.15) is 61.9 Å². The number of aromatic nitrogens is 4. The number of carbonyl (C=O) groups excluding carboxylic acids is 2. The molecular weight excluding hydrogens is 652 g/mol. The molecule has 0 radical (unpaired) electrons. The second-order valence-electron chi connectivity index (χ2n) is 13.0. The van der Waals surface area contributed by atoms with Crippen molar-refractivity contribution in [1.82, 2.24) is 24.2 Å². The molecule has 1 aliphatic rings. The average Bonchev–Trinajstić information content (AvgIpc) is 3.78. The molecule has 4 heterocycles. The van der Waals surface area contributed by atoms with Crippen LogP contribution in [-0.2, 0) is 11.8 Å². The number of amides is 2. The third-order valence-corrected chi connectivity index (χ3v) is 9.74. The number of hydrogen-bond donors (Lipinski definition) is 1. The molecule has 48 heavy (non-hydrogen) atoms. The summed E-state index contributed by atoms with van der Waals surface area (Å²) in [7, 11) is 1.88. The van der Waals surface area contributed by atoms with Crippen LogP contribution in [0.5, 0.6) is 11.5 Å². The molecule has 1 aliphatic heterocycles. The van der Waals surface area contributed by atoms with E-state index in [2.05, 4.69) is 10.1 Å². The van der Waals surface area contributed by atoms with Crippen molar-refractivity contribution in [3.8, 4) is 27.6 Å². The predicted molar refractivity (Wildman–Crippen MR) is 186 cm³/mol. The lowest BCUT2D eigenvalue weighted by Gasteiger charge is -2.33. The van der Waals surface area contributed by atoms with Crippen LogP contribution in [-0.4, -0.2) is 61.5 Å². The Hall–Kier alpha value is -4.55. The third kappa shape index (κ3) is 7.29. The van der Waals surface area contributed by atoms with Crippen molar-refractivity contribution in [2.75, 3.05) is 19.7 Å². The van der Waals surface area contributed by atoms with Crippen molar-refractivity contribution in [3.63, 3.8) is 0 Å². The SMILES string of the molecule is C[C@@H](Oc1cc(-n2cnc3cc(-c4cnn(C)c4)ccc32)sc1C(N)=O)c1cccc(OCC2CCN(C(=O)OC(C)(C)C)CC2)c1Cl. The molecule has 0 bridgehead atoms. The summed E-state index contributed by atoms with van der Waals surface area (Å²) >= 11 is 8.08. The summed E-state index contributed by atoms with van der Waals surface area (Å²) < 4.78 is 21.7. The summed E-state index contributed by atoms with van der Waals surface area (Å²) in [5.41, 5.74) is 9.68. The molecule has 2 aromatic carbocycles. The number of rotatable bonds is 9. The molecule has 11 nitrogen and oxygen atoms in total. The van der Waals surface area contributed by atoms with Crippen LogP contribution in [0.3, 0.4) is 0 Å². The van der Waals surface area contributed by atoms with Crippen LogP contribution in [0.25, 0.3) is 27.2 Å². The maximum absolute atomic E-state index is 12.5. The van der Waals surface area contributed by atoms with Gasteiger partial charge in [0, 0.05) is 43.5 Å². The molecule has 252 valence electrons. The number of piperidine rings is 1. The number of thiophene rings is 1. The molecule has 1 fully saturated rings. The fraction of sp³-hybridized carbons (Fsp3) is 0.371. The number of fused-ring (bicyclic) bond motifs is 1. The van der Waals surface area contributed by atoms with Crippen molar-refractivity contribution in [2.24, 2.45) is 18.7 Å². The van der Waals surface area contributed by atoms with Gasteiger partial charge in [-0.2, -0.15) is 5.10 Å². The normalized spacial score (nSPS) is 14.7. The van der Waals surface area contributed by atoms with E-state index in [4.69, 9.17) is 31.5 Å². The van der Waals surface area contributed by atoms with E-state index < -0.39 is 17.6 Å². The molecule has 6 rings (SSSR count). The first-order valence-electron chi connectivity index (χ1n) is 15.8. The number of likely N-dealkylation sites (tertiary alicyclic amines) is 1. The van der Waals surface area contributed by atoms with Gasteiger partial charge >= 0.3 is 6.09 Å². The third-order valence-electron chi connectivity index (χ3n) is 8.21. The van der Waals surface area contributed by atoms with Gasteiger partial charge in [-0.25, -0.2) is 9.78 Å². The van der Waals surface area contributed by atoms with Crippen molar-refractivity contribution in [2.45, 2.75) is 52.2 Å². The summed E-state index contributed by atoms with van der Waals surface area (Å²) in [6, 6.07) is 13.4. The zero-order valence-corrected chi connectivity index (χ0v) is 29.2. The number of nitrogens with two attached hydrogens (primary N) is 1. The molecule has 13 heteroatoms. The van der Waals surface area contributed by atoms with Crippen molar-refractivity contribution in [3.05, 3.63) is 76.6 Å². The number of nitrogens with zero attached hydrogens (tertiary/aromatic N) is 5. The van der Waals surface area contributed by atoms with Gasteiger partial charge in [0.1, 0.15) is 39.4 Å². The van der Waals surface area contributed by atoms with Crippen LogP contribution < -0.4 is 15.2 Å². The van der Waals surface area contributed by atoms with Crippen LogP contribution >= 0.6 is 22.9 Å². The lowest BCUT2D eigenvalue weighted by molar-refractivity contribution is 0.0165. The summed E-state index contributed by atoms with van der Waals surface area (Å²) in [5.74, 6) is 0.608. The second-order valence-corrected chi connectivity index (χ2v) is 14.4. The molecule has 0 aliphatic carbocycles. The van der Waals surface area contributed by atoms with E-state index in [9.17, 15) is 9.59 Å². The van der Waals surface area contributed by atoms with Gasteiger partial charge in [-0.05, 0) is 70.2 Å². The average molecular weight is 691 g/mol. The zero-order valence-electron chi connectivity index (χ0n) is 27.6. The van der Waals surface area contributed by atoms with Gasteiger partial charge in [0.15, 0.2) is 0 Å². The zero-order chi connectivity index (χ0) is 34.2. The minimum absolute atomic E-state index is 0.278. The standard InChI is InChI=1S/C35H39ClN6O5S/c1-21(25-7-6-8-28(31(25)36)45-19-22-11-13-41(14-12-22)34(44)47-35(2,3)4)46-29-16-30(48-32(29)33(37)43)42-20-38-26-15-23(9-10-27(26)42)24-17-39-40(5)18-24/h6-10,15-18,20-22H,11-14,19H2,1-5H3,(H2,37,43)/t21-/m1/s1. The van der Waals surface area contributed by atoms with E-state index >= 15 is 0 Å². The Balaban J connectivity index is 1.13. The van der Waals surface area contributed by atoms with Gasteiger partial charge in [-0.1, -0.05) is 29.8 Å². The van der Waals surface area contributed by atoms with Crippen molar-refractivity contribution >= 4 is 46.0 Å². The Morgan fingerprint density at radius 2 is 1.88 bits per heavy atom. The molecule has 2 amide bonds. The van der Waals surface area contributed by atoms with Crippen molar-refractivity contribution < 1.29 is 23.8 Å². The fourth-order valence-corrected chi connectivity index (χ4v) is 6.96. The monoisotopic (exact) mass is 690 g/mol. The van der Waals surface area contributed by atoms with Crippen molar-refractivity contribution in [1.29, 1.82) is 0 Å². The summed E-state index contributed by atoms with van der Waals surface area (Å²) in [5, 5.41) is 5.44. The highest BCUT2D eigenvalue weighted by atomic mass is 35.5. The van der Waals surface area contributed by atoms with E-state index in [0.29, 0.717) is 46.7 Å². The van der Waals surface area contributed by atoms with Crippen LogP contribution in [0, 0.1) is 5.92 Å². The Kier molecular flexibility index (Phi) is 9.39.